The van der Waals surface area contributed by atoms with Crippen molar-refractivity contribution in [3.8, 4) is 0 Å². The number of rotatable bonds is 7. The van der Waals surface area contributed by atoms with Gasteiger partial charge in [0, 0.05) is 48.3 Å². The number of aryl methyl sites for hydroxylation is 2. The molecule has 0 aliphatic carbocycles. The SMILES string of the molecule is Cc1cccc(C)c1C(=O)N1CCC(NC[C@H](C)N[C@@H](C)c2ccc(Cl)cc2)CC1. The fourth-order valence-corrected chi connectivity index (χ4v) is 4.40. The molecule has 0 bridgehead atoms. The van der Waals surface area contributed by atoms with Crippen molar-refractivity contribution in [3.63, 3.8) is 0 Å². The minimum Gasteiger partial charge on any atom is -0.339 e. The standard InChI is InChI=1S/C25H34ClN3O/c1-17-6-5-7-18(2)24(17)25(30)29-14-12-23(13-15-29)27-16-19(3)28-20(4)21-8-10-22(26)11-9-21/h5-11,19-20,23,27-28H,12-16H2,1-4H3/t19-,20-/m0/s1. The number of carbonyl (C=O) groups excluding carboxylic acids is 1. The first-order valence-electron chi connectivity index (χ1n) is 11.0. The van der Waals surface area contributed by atoms with Gasteiger partial charge >= 0.3 is 0 Å². The van der Waals surface area contributed by atoms with Crippen molar-refractivity contribution in [2.75, 3.05) is 19.6 Å². The summed E-state index contributed by atoms with van der Waals surface area (Å²) in [4.78, 5) is 15.0. The fourth-order valence-electron chi connectivity index (χ4n) is 4.27. The second-order valence-corrected chi connectivity index (χ2v) is 9.02. The minimum absolute atomic E-state index is 0.177. The van der Waals surface area contributed by atoms with Crippen LogP contribution >= 0.6 is 11.6 Å². The third-order valence-electron chi connectivity index (χ3n) is 6.09. The van der Waals surface area contributed by atoms with E-state index in [1.165, 1.54) is 5.56 Å². The lowest BCUT2D eigenvalue weighted by Gasteiger charge is -2.34. The molecule has 3 rings (SSSR count). The normalized spacial score (nSPS) is 17.0. The first-order valence-corrected chi connectivity index (χ1v) is 11.3. The summed E-state index contributed by atoms with van der Waals surface area (Å²) in [5.41, 5.74) is 4.24. The predicted molar refractivity (Wildman–Crippen MR) is 125 cm³/mol. The van der Waals surface area contributed by atoms with Crippen molar-refractivity contribution in [2.45, 2.75) is 58.7 Å². The number of likely N-dealkylation sites (tertiary alicyclic amines) is 1. The van der Waals surface area contributed by atoms with Crippen molar-refractivity contribution < 1.29 is 4.79 Å². The van der Waals surface area contributed by atoms with Crippen LogP contribution in [-0.4, -0.2) is 42.5 Å². The van der Waals surface area contributed by atoms with Gasteiger partial charge in [0.05, 0.1) is 0 Å². The lowest BCUT2D eigenvalue weighted by Crippen LogP contribution is -2.48. The lowest BCUT2D eigenvalue weighted by atomic mass is 9.99. The number of nitrogens with zero attached hydrogens (tertiary/aromatic N) is 1. The zero-order chi connectivity index (χ0) is 21.7. The van der Waals surface area contributed by atoms with E-state index in [0.29, 0.717) is 12.1 Å². The average Bonchev–Trinajstić information content (AvgIpc) is 2.73. The first kappa shape index (κ1) is 22.8. The molecule has 4 nitrogen and oxygen atoms in total. The molecule has 1 fully saturated rings. The van der Waals surface area contributed by atoms with Gasteiger partial charge in [-0.1, -0.05) is 41.9 Å². The van der Waals surface area contributed by atoms with E-state index in [9.17, 15) is 4.79 Å². The average molecular weight is 428 g/mol. The van der Waals surface area contributed by atoms with Crippen LogP contribution in [0, 0.1) is 13.8 Å². The lowest BCUT2D eigenvalue weighted by molar-refractivity contribution is 0.0703. The maximum Gasteiger partial charge on any atom is 0.254 e. The second kappa shape index (κ2) is 10.4. The quantitative estimate of drug-likeness (QED) is 0.661. The molecule has 30 heavy (non-hydrogen) atoms. The number of hydrogen-bond acceptors (Lipinski definition) is 3. The van der Waals surface area contributed by atoms with E-state index in [2.05, 4.69) is 36.6 Å². The molecule has 0 unspecified atom stereocenters. The highest BCUT2D eigenvalue weighted by atomic mass is 35.5. The zero-order valence-electron chi connectivity index (χ0n) is 18.5. The van der Waals surface area contributed by atoms with Gasteiger partial charge < -0.3 is 15.5 Å². The van der Waals surface area contributed by atoms with E-state index in [1.54, 1.807) is 0 Å². The summed E-state index contributed by atoms with van der Waals surface area (Å²) in [6, 6.07) is 15.2. The summed E-state index contributed by atoms with van der Waals surface area (Å²) < 4.78 is 0. The first-order chi connectivity index (χ1) is 14.3. The monoisotopic (exact) mass is 427 g/mol. The summed E-state index contributed by atoms with van der Waals surface area (Å²) in [5, 5.41) is 8.10. The Labute approximate surface area is 186 Å². The molecule has 1 saturated heterocycles. The number of benzene rings is 2. The van der Waals surface area contributed by atoms with Crippen molar-refractivity contribution in [2.24, 2.45) is 0 Å². The second-order valence-electron chi connectivity index (χ2n) is 8.58. The van der Waals surface area contributed by atoms with Crippen LogP contribution in [0.3, 0.4) is 0 Å². The Balaban J connectivity index is 1.43. The third kappa shape index (κ3) is 5.84. The Kier molecular flexibility index (Phi) is 7.93. The third-order valence-corrected chi connectivity index (χ3v) is 6.35. The molecule has 2 aromatic rings. The fraction of sp³-hybridized carbons (Fsp3) is 0.480. The van der Waals surface area contributed by atoms with E-state index in [4.69, 9.17) is 11.6 Å². The van der Waals surface area contributed by atoms with E-state index < -0.39 is 0 Å². The van der Waals surface area contributed by atoms with Crippen LogP contribution in [0.15, 0.2) is 42.5 Å². The van der Waals surface area contributed by atoms with E-state index >= 15 is 0 Å². The highest BCUT2D eigenvalue weighted by Crippen LogP contribution is 2.20. The summed E-state index contributed by atoms with van der Waals surface area (Å²) in [5.74, 6) is 0.177. The predicted octanol–water partition coefficient (Wildman–Crippen LogP) is 4.89. The molecule has 0 saturated carbocycles. The highest BCUT2D eigenvalue weighted by molar-refractivity contribution is 6.30. The van der Waals surface area contributed by atoms with Gasteiger partial charge in [0.25, 0.3) is 5.91 Å². The smallest absolute Gasteiger partial charge is 0.254 e. The molecule has 162 valence electrons. The van der Waals surface area contributed by atoms with Gasteiger partial charge in [0.2, 0.25) is 0 Å². The van der Waals surface area contributed by atoms with Gasteiger partial charge in [0.1, 0.15) is 0 Å². The number of carbonyl (C=O) groups is 1. The van der Waals surface area contributed by atoms with Crippen LogP contribution in [0.25, 0.3) is 0 Å². The van der Waals surface area contributed by atoms with E-state index in [-0.39, 0.29) is 11.9 Å². The molecule has 0 aromatic heterocycles. The maximum absolute atomic E-state index is 13.0. The molecule has 2 atom stereocenters. The van der Waals surface area contributed by atoms with Crippen LogP contribution in [0.5, 0.6) is 0 Å². The summed E-state index contributed by atoms with van der Waals surface area (Å²) >= 11 is 5.98. The maximum atomic E-state index is 13.0. The van der Waals surface area contributed by atoms with Gasteiger partial charge in [0.15, 0.2) is 0 Å². The number of piperidine rings is 1. The number of hydrogen-bond donors (Lipinski definition) is 2. The molecule has 1 amide bonds. The molecular formula is C25H34ClN3O. The molecule has 1 aliphatic heterocycles. The van der Waals surface area contributed by atoms with Gasteiger partial charge in [-0.3, -0.25) is 4.79 Å². The Hall–Kier alpha value is -1.88. The Morgan fingerprint density at radius 1 is 1.07 bits per heavy atom. The number of amides is 1. The number of nitrogens with one attached hydrogen (secondary N) is 2. The topological polar surface area (TPSA) is 44.4 Å². The van der Waals surface area contributed by atoms with Crippen molar-refractivity contribution in [3.05, 3.63) is 69.7 Å². The molecular weight excluding hydrogens is 394 g/mol. The van der Waals surface area contributed by atoms with Crippen molar-refractivity contribution in [1.82, 2.24) is 15.5 Å². The summed E-state index contributed by atoms with van der Waals surface area (Å²) in [6.45, 7) is 11.0. The largest absolute Gasteiger partial charge is 0.339 e. The zero-order valence-corrected chi connectivity index (χ0v) is 19.3. The molecule has 0 spiro atoms. The van der Waals surface area contributed by atoms with Crippen LogP contribution in [0.2, 0.25) is 5.02 Å². The van der Waals surface area contributed by atoms with Gasteiger partial charge in [-0.15, -0.1) is 0 Å². The van der Waals surface area contributed by atoms with E-state index in [0.717, 1.165) is 54.2 Å². The summed E-state index contributed by atoms with van der Waals surface area (Å²) in [7, 11) is 0. The van der Waals surface area contributed by atoms with Crippen molar-refractivity contribution in [1.29, 1.82) is 0 Å². The molecule has 2 aromatic carbocycles. The van der Waals surface area contributed by atoms with E-state index in [1.807, 2.05) is 49.1 Å². The van der Waals surface area contributed by atoms with Crippen LogP contribution in [0.1, 0.15) is 59.8 Å². The van der Waals surface area contributed by atoms with Crippen molar-refractivity contribution >= 4 is 17.5 Å². The van der Waals surface area contributed by atoms with Gasteiger partial charge in [-0.2, -0.15) is 0 Å². The molecule has 0 radical (unpaired) electrons. The Bertz CT molecular complexity index is 824. The van der Waals surface area contributed by atoms with Gasteiger partial charge in [-0.05, 0) is 69.4 Å². The molecule has 2 N–H and O–H groups in total. The van der Waals surface area contributed by atoms with Crippen LogP contribution in [-0.2, 0) is 0 Å². The highest BCUT2D eigenvalue weighted by Gasteiger charge is 2.25. The van der Waals surface area contributed by atoms with Crippen LogP contribution in [0.4, 0.5) is 0 Å². The summed E-state index contributed by atoms with van der Waals surface area (Å²) in [6.07, 6.45) is 1.99. The Morgan fingerprint density at radius 2 is 1.67 bits per heavy atom. The molecule has 1 aliphatic rings. The molecule has 1 heterocycles. The minimum atomic E-state index is 0.177. The van der Waals surface area contributed by atoms with Crippen LogP contribution < -0.4 is 10.6 Å². The number of halogens is 1. The van der Waals surface area contributed by atoms with Gasteiger partial charge in [-0.25, -0.2) is 0 Å². The Morgan fingerprint density at radius 3 is 2.27 bits per heavy atom. The molecule has 5 heteroatoms.